The number of nitrogens with two attached hydrogens (primary N) is 1. The molecule has 0 aromatic heterocycles. The monoisotopic (exact) mass is 272 g/mol. The Labute approximate surface area is 106 Å². The molecule has 1 aromatic carbocycles. The molecule has 6 nitrogen and oxygen atoms in total. The van der Waals surface area contributed by atoms with E-state index in [4.69, 9.17) is 5.73 Å². The van der Waals surface area contributed by atoms with Crippen molar-refractivity contribution in [2.24, 2.45) is 5.73 Å². The van der Waals surface area contributed by atoms with Crippen LogP contribution in [-0.2, 0) is 15.6 Å². The summed E-state index contributed by atoms with van der Waals surface area (Å²) in [4.78, 5) is 10.0. The lowest BCUT2D eigenvalue weighted by Gasteiger charge is -2.06. The summed E-state index contributed by atoms with van der Waals surface area (Å²) >= 11 is 0. The quantitative estimate of drug-likeness (QED) is 0.620. The molecule has 0 amide bonds. The van der Waals surface area contributed by atoms with Crippen molar-refractivity contribution in [3.8, 4) is 0 Å². The van der Waals surface area contributed by atoms with Gasteiger partial charge < -0.3 is 5.73 Å². The molecular weight excluding hydrogens is 256 g/mol. The lowest BCUT2D eigenvalue weighted by Crippen LogP contribution is -2.20. The molecule has 7 heteroatoms. The number of rotatable bonds is 6. The van der Waals surface area contributed by atoms with Crippen LogP contribution in [0.5, 0.6) is 0 Å². The van der Waals surface area contributed by atoms with E-state index in [1.807, 2.05) is 0 Å². The van der Waals surface area contributed by atoms with E-state index < -0.39 is 14.8 Å². The second kappa shape index (κ2) is 5.92. The Morgan fingerprint density at radius 1 is 1.44 bits per heavy atom. The molecule has 0 fully saturated rings. The maximum Gasteiger partial charge on any atom is 0.269 e. The summed E-state index contributed by atoms with van der Waals surface area (Å²) in [5, 5.41) is 10.6. The summed E-state index contributed by atoms with van der Waals surface area (Å²) in [6.45, 7) is 1.74. The standard InChI is InChI=1S/C11H16N2O4S/c1-9(12)5-6-18(16,17)8-10-3-2-4-11(7-10)13(14)15/h2-4,7,9H,5-6,8,12H2,1H3. The first-order chi connectivity index (χ1) is 8.30. The molecule has 1 unspecified atom stereocenters. The predicted molar refractivity (Wildman–Crippen MR) is 68.9 cm³/mol. The summed E-state index contributed by atoms with van der Waals surface area (Å²) in [6.07, 6.45) is 0.386. The second-order valence-electron chi connectivity index (χ2n) is 4.29. The normalized spacial score (nSPS) is 13.2. The van der Waals surface area contributed by atoms with Crippen molar-refractivity contribution in [1.82, 2.24) is 0 Å². The minimum atomic E-state index is -3.27. The van der Waals surface area contributed by atoms with Crippen LogP contribution in [0, 0.1) is 10.1 Å². The summed E-state index contributed by atoms with van der Waals surface area (Å²) in [5.41, 5.74) is 5.83. The van der Waals surface area contributed by atoms with Gasteiger partial charge in [0.25, 0.3) is 5.69 Å². The molecule has 0 spiro atoms. The fourth-order valence-corrected chi connectivity index (χ4v) is 3.01. The third-order valence-corrected chi connectivity index (χ3v) is 4.02. The van der Waals surface area contributed by atoms with Crippen molar-refractivity contribution in [1.29, 1.82) is 0 Å². The van der Waals surface area contributed by atoms with Crippen LogP contribution in [0.3, 0.4) is 0 Å². The molecule has 18 heavy (non-hydrogen) atoms. The molecule has 0 radical (unpaired) electrons. The third-order valence-electron chi connectivity index (χ3n) is 2.39. The zero-order valence-electron chi connectivity index (χ0n) is 10.1. The van der Waals surface area contributed by atoms with Gasteiger partial charge in [-0.2, -0.15) is 0 Å². The highest BCUT2D eigenvalue weighted by Gasteiger charge is 2.15. The molecule has 0 aliphatic carbocycles. The molecule has 1 rings (SSSR count). The maximum absolute atomic E-state index is 11.8. The number of hydrogen-bond acceptors (Lipinski definition) is 5. The maximum atomic E-state index is 11.8. The summed E-state index contributed by atoms with van der Waals surface area (Å²) in [6, 6.07) is 5.48. The van der Waals surface area contributed by atoms with Crippen LogP contribution in [0.2, 0.25) is 0 Å². The Bertz CT molecular complexity index is 526. The van der Waals surface area contributed by atoms with Gasteiger partial charge in [-0.1, -0.05) is 12.1 Å². The van der Waals surface area contributed by atoms with Crippen molar-refractivity contribution in [3.05, 3.63) is 39.9 Å². The van der Waals surface area contributed by atoms with Crippen LogP contribution < -0.4 is 5.73 Å². The Balaban J connectivity index is 2.78. The first-order valence-corrected chi connectivity index (χ1v) is 7.31. The van der Waals surface area contributed by atoms with Crippen LogP contribution in [0.1, 0.15) is 18.9 Å². The zero-order chi connectivity index (χ0) is 13.8. The number of sulfone groups is 1. The molecule has 0 saturated heterocycles. The lowest BCUT2D eigenvalue weighted by atomic mass is 10.2. The van der Waals surface area contributed by atoms with Crippen molar-refractivity contribution in [2.45, 2.75) is 25.1 Å². The number of benzene rings is 1. The van der Waals surface area contributed by atoms with E-state index in [0.717, 1.165) is 0 Å². The lowest BCUT2D eigenvalue weighted by molar-refractivity contribution is -0.384. The first kappa shape index (κ1) is 14.6. The van der Waals surface area contributed by atoms with Crippen molar-refractivity contribution < 1.29 is 13.3 Å². The van der Waals surface area contributed by atoms with Crippen molar-refractivity contribution in [3.63, 3.8) is 0 Å². The zero-order valence-corrected chi connectivity index (χ0v) is 10.9. The van der Waals surface area contributed by atoms with Crippen LogP contribution in [0.4, 0.5) is 5.69 Å². The highest BCUT2D eigenvalue weighted by atomic mass is 32.2. The first-order valence-electron chi connectivity index (χ1n) is 5.49. The molecular formula is C11H16N2O4S. The number of nitro benzene ring substituents is 1. The van der Waals surface area contributed by atoms with Gasteiger partial charge >= 0.3 is 0 Å². The smallest absolute Gasteiger partial charge is 0.269 e. The molecule has 0 aliphatic heterocycles. The van der Waals surface area contributed by atoms with Gasteiger partial charge in [0.1, 0.15) is 0 Å². The summed E-state index contributed by atoms with van der Waals surface area (Å²) in [7, 11) is -3.27. The molecule has 0 heterocycles. The average molecular weight is 272 g/mol. The minimum Gasteiger partial charge on any atom is -0.328 e. The molecule has 1 aromatic rings. The highest BCUT2D eigenvalue weighted by molar-refractivity contribution is 7.90. The van der Waals surface area contributed by atoms with E-state index in [1.54, 1.807) is 13.0 Å². The number of nitro groups is 1. The summed E-state index contributed by atoms with van der Waals surface area (Å²) in [5.74, 6) is -0.200. The van der Waals surface area contributed by atoms with Gasteiger partial charge in [-0.15, -0.1) is 0 Å². The largest absolute Gasteiger partial charge is 0.328 e. The van der Waals surface area contributed by atoms with Crippen LogP contribution in [0.15, 0.2) is 24.3 Å². The molecule has 0 bridgehead atoms. The van der Waals surface area contributed by atoms with E-state index in [9.17, 15) is 18.5 Å². The fourth-order valence-electron chi connectivity index (χ4n) is 1.45. The van der Waals surface area contributed by atoms with E-state index >= 15 is 0 Å². The van der Waals surface area contributed by atoms with E-state index in [-0.39, 0.29) is 23.2 Å². The number of non-ortho nitro benzene ring substituents is 1. The topological polar surface area (TPSA) is 103 Å². The van der Waals surface area contributed by atoms with E-state index in [1.165, 1.54) is 18.2 Å². The minimum absolute atomic E-state index is 0.00659. The molecule has 1 atom stereocenters. The molecule has 0 saturated carbocycles. The number of nitrogens with zero attached hydrogens (tertiary/aromatic N) is 1. The van der Waals surface area contributed by atoms with Gasteiger partial charge in [0.15, 0.2) is 9.84 Å². The van der Waals surface area contributed by atoms with Crippen LogP contribution >= 0.6 is 0 Å². The van der Waals surface area contributed by atoms with Crippen molar-refractivity contribution in [2.75, 3.05) is 5.75 Å². The second-order valence-corrected chi connectivity index (χ2v) is 6.47. The van der Waals surface area contributed by atoms with Crippen LogP contribution in [0.25, 0.3) is 0 Å². The fraction of sp³-hybridized carbons (Fsp3) is 0.455. The third kappa shape index (κ3) is 4.80. The average Bonchev–Trinajstić information content (AvgIpc) is 2.26. The SMILES string of the molecule is CC(N)CCS(=O)(=O)Cc1cccc([N+](=O)[O-])c1. The van der Waals surface area contributed by atoms with Gasteiger partial charge in [-0.25, -0.2) is 8.42 Å². The van der Waals surface area contributed by atoms with E-state index in [2.05, 4.69) is 0 Å². The summed E-state index contributed by atoms with van der Waals surface area (Å²) < 4.78 is 23.5. The number of hydrogen-bond donors (Lipinski definition) is 1. The Morgan fingerprint density at radius 3 is 2.67 bits per heavy atom. The van der Waals surface area contributed by atoms with Gasteiger partial charge in [0.05, 0.1) is 16.4 Å². The molecule has 0 aliphatic rings. The Kier molecular flexibility index (Phi) is 4.80. The van der Waals surface area contributed by atoms with Crippen molar-refractivity contribution >= 4 is 15.5 Å². The molecule has 2 N–H and O–H groups in total. The predicted octanol–water partition coefficient (Wildman–Crippen LogP) is 1.25. The van der Waals surface area contributed by atoms with Gasteiger partial charge in [0.2, 0.25) is 0 Å². The van der Waals surface area contributed by atoms with Gasteiger partial charge in [-0.05, 0) is 18.9 Å². The van der Waals surface area contributed by atoms with E-state index in [0.29, 0.717) is 12.0 Å². The van der Waals surface area contributed by atoms with Gasteiger partial charge in [0, 0.05) is 18.2 Å². The van der Waals surface area contributed by atoms with Crippen LogP contribution in [-0.4, -0.2) is 25.1 Å². The van der Waals surface area contributed by atoms with Gasteiger partial charge in [-0.3, -0.25) is 10.1 Å². The highest BCUT2D eigenvalue weighted by Crippen LogP contribution is 2.16. The Hall–Kier alpha value is -1.47. The molecule has 100 valence electrons. The Morgan fingerprint density at radius 2 is 2.11 bits per heavy atom.